The molecular weight excluding hydrogens is 477 g/mol. The van der Waals surface area contributed by atoms with Crippen molar-refractivity contribution in [1.29, 1.82) is 0 Å². The predicted octanol–water partition coefficient (Wildman–Crippen LogP) is 1.99. The number of para-hydroxylation sites is 1. The molecule has 184 valence electrons. The molecule has 1 saturated carbocycles. The summed E-state index contributed by atoms with van der Waals surface area (Å²) in [5.41, 5.74) is 6.24. The maximum Gasteiger partial charge on any atom is 0.269 e. The fourth-order valence-corrected chi connectivity index (χ4v) is 4.61. The minimum Gasteiger partial charge on any atom is -0.391 e. The number of aromatic nitrogens is 2. The maximum atomic E-state index is 14.1. The van der Waals surface area contributed by atoms with Crippen LogP contribution in [0.1, 0.15) is 35.3 Å². The molecule has 35 heavy (non-hydrogen) atoms. The average molecular weight is 502 g/mol. The molecule has 3 amide bonds. The van der Waals surface area contributed by atoms with Gasteiger partial charge in [0.25, 0.3) is 5.91 Å². The molecule has 0 saturated heterocycles. The van der Waals surface area contributed by atoms with Crippen molar-refractivity contribution in [3.63, 3.8) is 0 Å². The lowest BCUT2D eigenvalue weighted by molar-refractivity contribution is -0.140. The van der Waals surface area contributed by atoms with Gasteiger partial charge in [-0.15, -0.1) is 0 Å². The highest BCUT2D eigenvalue weighted by Gasteiger charge is 2.35. The lowest BCUT2D eigenvalue weighted by Crippen LogP contribution is -2.50. The summed E-state index contributed by atoms with van der Waals surface area (Å²) < 4.78 is 15.5. The van der Waals surface area contributed by atoms with E-state index in [4.69, 9.17) is 17.3 Å². The minimum absolute atomic E-state index is 0.0437. The average Bonchev–Trinajstić information content (AvgIpc) is 3.42. The monoisotopic (exact) mass is 501 g/mol. The number of rotatable bonds is 8. The summed E-state index contributed by atoms with van der Waals surface area (Å²) in [6.07, 6.45) is 0.991. The molecule has 2 aromatic carbocycles. The Morgan fingerprint density at radius 3 is 2.69 bits per heavy atom. The number of nitrogens with one attached hydrogen (secondary N) is 1. The van der Waals surface area contributed by atoms with Gasteiger partial charge in [0.2, 0.25) is 11.8 Å². The number of hydrogen-bond acceptors (Lipinski definition) is 5. The first kappa shape index (κ1) is 24.6. The highest BCUT2D eigenvalue weighted by Crippen LogP contribution is 2.25. The molecule has 1 heterocycles. The second-order valence-electron chi connectivity index (χ2n) is 8.46. The molecule has 2 atom stereocenters. The number of nitrogens with two attached hydrogens (primary N) is 1. The zero-order chi connectivity index (χ0) is 25.1. The topological polar surface area (TPSA) is 131 Å². The van der Waals surface area contributed by atoms with Crippen LogP contribution in [0.15, 0.2) is 42.5 Å². The van der Waals surface area contributed by atoms with E-state index in [0.717, 1.165) is 0 Å². The smallest absolute Gasteiger partial charge is 0.269 e. The zero-order valence-electron chi connectivity index (χ0n) is 18.8. The predicted molar refractivity (Wildman–Crippen MR) is 127 cm³/mol. The van der Waals surface area contributed by atoms with Crippen LogP contribution in [0.4, 0.5) is 4.39 Å². The van der Waals surface area contributed by atoms with E-state index in [1.165, 1.54) is 21.7 Å². The van der Waals surface area contributed by atoms with Crippen LogP contribution in [0.25, 0.3) is 10.9 Å². The van der Waals surface area contributed by atoms with Crippen LogP contribution in [0.2, 0.25) is 5.02 Å². The highest BCUT2D eigenvalue weighted by atomic mass is 35.5. The van der Waals surface area contributed by atoms with Gasteiger partial charge >= 0.3 is 0 Å². The van der Waals surface area contributed by atoms with Crippen molar-refractivity contribution >= 4 is 40.2 Å². The zero-order valence-corrected chi connectivity index (χ0v) is 19.5. The molecule has 0 bridgehead atoms. The van der Waals surface area contributed by atoms with Crippen LogP contribution in [0.3, 0.4) is 0 Å². The van der Waals surface area contributed by atoms with Crippen LogP contribution >= 0.6 is 11.6 Å². The third kappa shape index (κ3) is 5.28. The van der Waals surface area contributed by atoms with Gasteiger partial charge in [0.1, 0.15) is 12.4 Å². The van der Waals surface area contributed by atoms with Crippen LogP contribution in [0.5, 0.6) is 0 Å². The lowest BCUT2D eigenvalue weighted by atomic mass is 10.1. The van der Waals surface area contributed by atoms with E-state index in [-0.39, 0.29) is 35.9 Å². The van der Waals surface area contributed by atoms with Gasteiger partial charge in [0, 0.05) is 17.5 Å². The summed E-state index contributed by atoms with van der Waals surface area (Å²) in [4.78, 5) is 39.2. The quantitative estimate of drug-likeness (QED) is 0.434. The van der Waals surface area contributed by atoms with Gasteiger partial charge in [-0.1, -0.05) is 41.9 Å². The number of aliphatic hydroxyl groups is 1. The Morgan fingerprint density at radius 1 is 1.20 bits per heavy atom. The fraction of sp³-hybridized carbons (Fsp3) is 0.333. The summed E-state index contributed by atoms with van der Waals surface area (Å²) >= 11 is 5.79. The number of fused-ring (bicyclic) bond motifs is 1. The van der Waals surface area contributed by atoms with Crippen LogP contribution < -0.4 is 11.1 Å². The number of carbonyl (C=O) groups is 3. The molecule has 1 aliphatic rings. The molecule has 11 heteroatoms. The van der Waals surface area contributed by atoms with Gasteiger partial charge in [-0.2, -0.15) is 5.10 Å². The SMILES string of the molecule is NC(=O)c1nn(CC(=O)N(CC(=O)NCc2cccc(Cl)c2F)[C@H]2CCCC2O)c2ccccc12. The Balaban J connectivity index is 1.52. The van der Waals surface area contributed by atoms with Crippen molar-refractivity contribution in [3.05, 3.63) is 64.6 Å². The van der Waals surface area contributed by atoms with Crippen molar-refractivity contribution in [2.45, 2.75) is 44.5 Å². The molecule has 4 rings (SSSR count). The maximum absolute atomic E-state index is 14.1. The molecule has 1 aromatic heterocycles. The van der Waals surface area contributed by atoms with Crippen LogP contribution in [0, 0.1) is 5.82 Å². The van der Waals surface area contributed by atoms with Gasteiger partial charge < -0.3 is 21.1 Å². The van der Waals surface area contributed by atoms with E-state index in [2.05, 4.69) is 10.4 Å². The second-order valence-corrected chi connectivity index (χ2v) is 8.87. The molecule has 0 spiro atoms. The lowest BCUT2D eigenvalue weighted by Gasteiger charge is -2.30. The number of benzene rings is 2. The van der Waals surface area contributed by atoms with Gasteiger partial charge in [-0.3, -0.25) is 19.1 Å². The summed E-state index contributed by atoms with van der Waals surface area (Å²) in [5, 5.41) is 17.7. The van der Waals surface area contributed by atoms with Crippen LogP contribution in [-0.4, -0.2) is 56.2 Å². The van der Waals surface area contributed by atoms with Gasteiger partial charge in [0.15, 0.2) is 5.69 Å². The van der Waals surface area contributed by atoms with E-state index in [9.17, 15) is 23.9 Å². The summed E-state index contributed by atoms with van der Waals surface area (Å²) in [5.74, 6) is -2.31. The first-order chi connectivity index (χ1) is 16.8. The van der Waals surface area contributed by atoms with E-state index in [1.807, 2.05) is 0 Å². The number of aliphatic hydroxyl groups excluding tert-OH is 1. The van der Waals surface area contributed by atoms with Crippen molar-refractivity contribution < 1.29 is 23.9 Å². The van der Waals surface area contributed by atoms with Gasteiger partial charge in [-0.25, -0.2) is 4.39 Å². The fourth-order valence-electron chi connectivity index (χ4n) is 4.41. The first-order valence-electron chi connectivity index (χ1n) is 11.2. The first-order valence-corrected chi connectivity index (χ1v) is 11.6. The Hall–Kier alpha value is -3.50. The van der Waals surface area contributed by atoms with Crippen molar-refractivity contribution in [2.75, 3.05) is 6.54 Å². The van der Waals surface area contributed by atoms with E-state index in [1.54, 1.807) is 30.3 Å². The van der Waals surface area contributed by atoms with Gasteiger partial charge in [0.05, 0.1) is 29.2 Å². The second kappa shape index (κ2) is 10.4. The van der Waals surface area contributed by atoms with E-state index < -0.39 is 35.7 Å². The third-order valence-electron chi connectivity index (χ3n) is 6.16. The molecule has 0 aliphatic heterocycles. The number of amides is 3. The number of hydrogen-bond donors (Lipinski definition) is 3. The summed E-state index contributed by atoms with van der Waals surface area (Å²) in [6, 6.07) is 10.8. The normalized spacial score (nSPS) is 17.5. The standard InChI is InChI=1S/C24H25ClFN5O4/c25-16-7-3-5-14(22(16)26)11-28-20(33)12-30(18-9-4-10-19(18)32)21(34)13-31-17-8-2-1-6-15(17)23(29-31)24(27)35/h1-3,5-8,18-19,32H,4,9-13H2,(H2,27,35)(H,28,33)/t18-,19?/m0/s1. The number of primary amides is 1. The van der Waals surface area contributed by atoms with E-state index in [0.29, 0.717) is 30.2 Å². The van der Waals surface area contributed by atoms with Gasteiger partial charge in [-0.05, 0) is 31.4 Å². The molecule has 0 radical (unpaired) electrons. The Morgan fingerprint density at radius 2 is 1.97 bits per heavy atom. The third-order valence-corrected chi connectivity index (χ3v) is 6.45. The van der Waals surface area contributed by atoms with Crippen LogP contribution in [-0.2, 0) is 22.7 Å². The van der Waals surface area contributed by atoms with E-state index >= 15 is 0 Å². The van der Waals surface area contributed by atoms with Crippen molar-refractivity contribution in [1.82, 2.24) is 20.0 Å². The molecule has 4 N–H and O–H groups in total. The molecule has 1 aliphatic carbocycles. The summed E-state index contributed by atoms with van der Waals surface area (Å²) in [6.45, 7) is -0.690. The Labute approximate surface area is 205 Å². The summed E-state index contributed by atoms with van der Waals surface area (Å²) in [7, 11) is 0. The number of halogens is 2. The van der Waals surface area contributed by atoms with Crippen molar-refractivity contribution in [2.24, 2.45) is 5.73 Å². The molecule has 1 unspecified atom stereocenters. The largest absolute Gasteiger partial charge is 0.391 e. The minimum atomic E-state index is -0.771. The molecular formula is C24H25ClFN5O4. The Bertz CT molecular complexity index is 1280. The highest BCUT2D eigenvalue weighted by molar-refractivity contribution is 6.30. The Kier molecular flexibility index (Phi) is 7.32. The molecule has 9 nitrogen and oxygen atoms in total. The number of nitrogens with zero attached hydrogens (tertiary/aromatic N) is 3. The molecule has 3 aromatic rings. The number of carbonyl (C=O) groups excluding carboxylic acids is 3. The van der Waals surface area contributed by atoms with Crippen molar-refractivity contribution in [3.8, 4) is 0 Å². The molecule has 1 fully saturated rings.